The van der Waals surface area contributed by atoms with Crippen LogP contribution in [0.1, 0.15) is 18.7 Å². The number of rotatable bonds is 9. The van der Waals surface area contributed by atoms with Gasteiger partial charge in [0.15, 0.2) is 5.82 Å². The van der Waals surface area contributed by atoms with E-state index in [2.05, 4.69) is 19.9 Å². The average Bonchev–Trinajstić information content (AvgIpc) is 3.43. The lowest BCUT2D eigenvalue weighted by atomic mass is 9.96. The van der Waals surface area contributed by atoms with E-state index in [0.29, 0.717) is 5.52 Å². The third-order valence-corrected chi connectivity index (χ3v) is 7.39. The van der Waals surface area contributed by atoms with E-state index in [1.165, 1.54) is 29.9 Å². The molecule has 1 aromatic carbocycles. The number of nitrogen functional groups attached to an aromatic ring is 1. The summed E-state index contributed by atoms with van der Waals surface area (Å²) in [7, 11) is -3.21. The van der Waals surface area contributed by atoms with Crippen LogP contribution in [0, 0.1) is 11.3 Å². The number of carbonyl (C=O) groups is 1. The number of hydrogen-bond donors (Lipinski definition) is 4. The molecule has 5 N–H and O–H groups in total. The number of anilines is 1. The van der Waals surface area contributed by atoms with E-state index < -0.39 is 50.3 Å². The number of nitrogens with zero attached hydrogens (tertiary/aromatic N) is 4. The van der Waals surface area contributed by atoms with E-state index >= 15 is 0 Å². The minimum absolute atomic E-state index is 0.143. The lowest BCUT2D eigenvalue weighted by Gasteiger charge is -2.28. The third-order valence-electron chi connectivity index (χ3n) is 5.76. The Bertz CT molecular complexity index is 1360. The summed E-state index contributed by atoms with van der Waals surface area (Å²) in [6.07, 6.45) is -3.40. The zero-order valence-electron chi connectivity index (χ0n) is 19.8. The van der Waals surface area contributed by atoms with Gasteiger partial charge < -0.3 is 29.9 Å². The van der Waals surface area contributed by atoms with E-state index in [0.717, 1.165) is 7.11 Å². The number of benzene rings is 1. The van der Waals surface area contributed by atoms with Crippen LogP contribution in [-0.4, -0.2) is 68.3 Å². The van der Waals surface area contributed by atoms with Gasteiger partial charge in [-0.3, -0.25) is 9.32 Å². The first-order valence-corrected chi connectivity index (χ1v) is 12.6. The molecule has 1 fully saturated rings. The quantitative estimate of drug-likeness (QED) is 0.222. The fourth-order valence-electron chi connectivity index (χ4n) is 3.83. The predicted molar refractivity (Wildman–Crippen MR) is 127 cm³/mol. The van der Waals surface area contributed by atoms with Crippen molar-refractivity contribution in [2.45, 2.75) is 36.9 Å². The van der Waals surface area contributed by atoms with Crippen LogP contribution in [0.25, 0.3) is 5.52 Å². The summed E-state index contributed by atoms with van der Waals surface area (Å²) in [5, 5.41) is 38.1. The number of aliphatic hydroxyl groups excluding tert-OH is 2. The Kier molecular flexibility index (Phi) is 7.47. The highest BCUT2D eigenvalue weighted by Gasteiger charge is 2.57. The average molecular weight is 532 g/mol. The largest absolute Gasteiger partial charge is 0.468 e. The molecule has 1 aliphatic rings. The Hall–Kier alpha value is -3.57. The van der Waals surface area contributed by atoms with E-state index in [1.807, 2.05) is 6.07 Å². The fraction of sp³-hybridized carbons (Fsp3) is 0.364. The smallest absolute Gasteiger partial charge is 0.459 e. The zero-order chi connectivity index (χ0) is 26.8. The molecule has 0 unspecified atom stereocenters. The van der Waals surface area contributed by atoms with Gasteiger partial charge in [-0.05, 0) is 31.2 Å². The highest BCUT2D eigenvalue weighted by molar-refractivity contribution is 7.52. The van der Waals surface area contributed by atoms with Gasteiger partial charge >= 0.3 is 13.7 Å². The highest BCUT2D eigenvalue weighted by atomic mass is 31.2. The number of para-hydroxylation sites is 1. The molecule has 3 heterocycles. The van der Waals surface area contributed by atoms with Crippen molar-refractivity contribution in [3.8, 4) is 11.8 Å². The first kappa shape index (κ1) is 26.5. The molecule has 196 valence electrons. The Morgan fingerprint density at radius 3 is 2.76 bits per heavy atom. The molecule has 0 bridgehead atoms. The Morgan fingerprint density at radius 1 is 1.35 bits per heavy atom. The van der Waals surface area contributed by atoms with Gasteiger partial charge in [0.1, 0.15) is 54.6 Å². The van der Waals surface area contributed by atoms with Crippen molar-refractivity contribution in [2.24, 2.45) is 0 Å². The number of hydrogen-bond acceptors (Lipinski definition) is 12. The number of esters is 1. The number of fused-ring (bicyclic) bond motifs is 1. The molecule has 0 aliphatic carbocycles. The first-order valence-electron chi connectivity index (χ1n) is 11.0. The van der Waals surface area contributed by atoms with E-state index in [-0.39, 0.29) is 17.3 Å². The van der Waals surface area contributed by atoms with E-state index in [9.17, 15) is 24.8 Å². The van der Waals surface area contributed by atoms with Crippen molar-refractivity contribution in [3.05, 3.63) is 54.5 Å². The maximum Gasteiger partial charge on any atom is 0.459 e. The Labute approximate surface area is 211 Å². The molecule has 4 rings (SSSR count). The lowest BCUT2D eigenvalue weighted by molar-refractivity contribution is -0.142. The number of carbonyl (C=O) groups excluding carboxylic acids is 1. The molecule has 15 heteroatoms. The lowest BCUT2D eigenvalue weighted by Crippen LogP contribution is -2.46. The van der Waals surface area contributed by atoms with Crippen molar-refractivity contribution >= 4 is 25.1 Å². The SMILES string of the molecule is COC(=O)[C@H](C)N[P@](=O)(OC[C@@]1(C#N)O[C@@H](c2ccc3c(N)ncnn23)[C@@H](O)[C@@H]1O)Oc1ccccc1. The minimum Gasteiger partial charge on any atom is -0.468 e. The highest BCUT2D eigenvalue weighted by Crippen LogP contribution is 2.48. The second-order valence-electron chi connectivity index (χ2n) is 8.22. The normalized spacial score (nSPS) is 25.8. The van der Waals surface area contributed by atoms with Crippen molar-refractivity contribution in [3.63, 3.8) is 0 Å². The minimum atomic E-state index is -4.36. The molecular weight excluding hydrogens is 507 g/mol. The van der Waals surface area contributed by atoms with Gasteiger partial charge in [-0.15, -0.1) is 0 Å². The second kappa shape index (κ2) is 10.4. The fourth-order valence-corrected chi connectivity index (χ4v) is 5.35. The number of methoxy groups -OCH3 is 1. The van der Waals surface area contributed by atoms with E-state index in [1.54, 1.807) is 30.3 Å². The Balaban J connectivity index is 1.60. The topological polar surface area (TPSA) is 204 Å². The molecule has 2 aromatic heterocycles. The summed E-state index contributed by atoms with van der Waals surface area (Å²) in [6, 6.07) is 11.8. The number of nitriles is 1. The van der Waals surface area contributed by atoms with Crippen molar-refractivity contribution in [1.29, 1.82) is 5.26 Å². The monoisotopic (exact) mass is 532 g/mol. The maximum atomic E-state index is 13.6. The summed E-state index contributed by atoms with van der Waals surface area (Å²) in [5.41, 5.74) is 4.40. The molecule has 3 aromatic rings. The summed E-state index contributed by atoms with van der Waals surface area (Å²) in [6.45, 7) is 0.575. The summed E-state index contributed by atoms with van der Waals surface area (Å²) in [5.74, 6) is -0.428. The molecule has 6 atom stereocenters. The molecule has 1 saturated heterocycles. The molecular formula is C22H25N6O8P. The van der Waals surface area contributed by atoms with Gasteiger partial charge in [0.2, 0.25) is 5.60 Å². The van der Waals surface area contributed by atoms with Gasteiger partial charge in [-0.25, -0.2) is 14.1 Å². The van der Waals surface area contributed by atoms with Gasteiger partial charge in [0.25, 0.3) is 0 Å². The molecule has 0 amide bonds. The zero-order valence-corrected chi connectivity index (χ0v) is 20.7. The van der Waals surface area contributed by atoms with Crippen molar-refractivity contribution < 1.29 is 38.1 Å². The number of aromatic nitrogens is 3. The van der Waals surface area contributed by atoms with Gasteiger partial charge in [0.05, 0.1) is 12.8 Å². The van der Waals surface area contributed by atoms with Crippen molar-refractivity contribution in [1.82, 2.24) is 19.7 Å². The van der Waals surface area contributed by atoms with E-state index in [4.69, 9.17) is 19.5 Å². The van der Waals surface area contributed by atoms with Gasteiger partial charge in [-0.1, -0.05) is 18.2 Å². The van der Waals surface area contributed by atoms with Gasteiger partial charge in [0, 0.05) is 0 Å². The molecule has 0 spiro atoms. The van der Waals surface area contributed by atoms with Crippen LogP contribution >= 0.6 is 7.75 Å². The molecule has 37 heavy (non-hydrogen) atoms. The third kappa shape index (κ3) is 5.14. The number of nitrogens with one attached hydrogen (secondary N) is 1. The van der Waals surface area contributed by atoms with Crippen LogP contribution in [0.3, 0.4) is 0 Å². The molecule has 0 saturated carbocycles. The Morgan fingerprint density at radius 2 is 2.08 bits per heavy atom. The van der Waals surface area contributed by atoms with Crippen LogP contribution in [0.2, 0.25) is 0 Å². The maximum absolute atomic E-state index is 13.6. The van der Waals surface area contributed by atoms with Crippen LogP contribution in [-0.2, 0) is 23.4 Å². The molecule has 1 aliphatic heterocycles. The molecule has 0 radical (unpaired) electrons. The second-order valence-corrected chi connectivity index (χ2v) is 9.92. The summed E-state index contributed by atoms with van der Waals surface area (Å²) >= 11 is 0. The number of nitrogens with two attached hydrogens (primary N) is 1. The first-order chi connectivity index (χ1) is 17.6. The van der Waals surface area contributed by atoms with Crippen molar-refractivity contribution in [2.75, 3.05) is 19.5 Å². The van der Waals surface area contributed by atoms with Crippen LogP contribution in [0.4, 0.5) is 5.82 Å². The predicted octanol–water partition coefficient (Wildman–Crippen LogP) is 0.722. The van der Waals surface area contributed by atoms with Crippen LogP contribution in [0.5, 0.6) is 5.75 Å². The standard InChI is InChI=1S/C22H25N6O8P/c1-13(21(31)33-2)27-37(32,36-14-6-4-3-5-7-14)34-11-22(10-23)19(30)17(29)18(35-22)15-8-9-16-20(24)25-12-26-28(15)16/h3-9,12-13,17-19,29-30H,11H2,1-2H3,(H,27,32)(H2,24,25,26)/t13-,17+,18-,19-,22+,37-/m0/s1. The van der Waals surface area contributed by atoms with Crippen LogP contribution in [0.15, 0.2) is 48.8 Å². The molecule has 14 nitrogen and oxygen atoms in total. The van der Waals surface area contributed by atoms with Gasteiger partial charge in [-0.2, -0.15) is 15.4 Å². The van der Waals surface area contributed by atoms with Crippen LogP contribution < -0.4 is 15.3 Å². The summed E-state index contributed by atoms with van der Waals surface area (Å²) < 4.78 is 36.5. The summed E-state index contributed by atoms with van der Waals surface area (Å²) in [4.78, 5) is 15.8. The number of ether oxygens (including phenoxy) is 2. The number of aliphatic hydroxyl groups is 2.